The Balaban J connectivity index is 2.77. The third-order valence-electron chi connectivity index (χ3n) is 4.32. The molecule has 1 rings (SSSR count). The van der Waals surface area contributed by atoms with Gasteiger partial charge in [0.25, 0.3) is 5.91 Å². The smallest absolute Gasteiger partial charge is 0.251 e. The maximum atomic E-state index is 12.8. The maximum absolute atomic E-state index is 12.8. The van der Waals surface area contributed by atoms with E-state index in [0.717, 1.165) is 5.75 Å². The van der Waals surface area contributed by atoms with Crippen molar-refractivity contribution in [3.63, 3.8) is 0 Å². The molecular weight excluding hydrogens is 334 g/mol. The molecule has 3 atom stereocenters. The predicted molar refractivity (Wildman–Crippen MR) is 97.6 cm³/mol. The van der Waals surface area contributed by atoms with Crippen molar-refractivity contribution in [2.45, 2.75) is 49.6 Å². The van der Waals surface area contributed by atoms with Crippen molar-refractivity contribution < 1.29 is 14.3 Å². The Hall–Kier alpha value is -0.440. The Bertz CT molecular complexity index is 448. The molecule has 6 nitrogen and oxygen atoms in total. The second-order valence-corrected chi connectivity index (χ2v) is 9.33. The zero-order valence-electron chi connectivity index (χ0n) is 15.1. The Morgan fingerprint density at radius 1 is 1.52 bits per heavy atom. The van der Waals surface area contributed by atoms with Crippen molar-refractivity contribution in [3.05, 3.63) is 0 Å². The molecule has 0 aromatic rings. The minimum atomic E-state index is -0.646. The normalized spacial score (nSPS) is 26.8. The van der Waals surface area contributed by atoms with Gasteiger partial charge in [-0.3, -0.25) is 14.5 Å². The molecule has 0 saturated carbocycles. The molecule has 0 aromatic heterocycles. The maximum Gasteiger partial charge on any atom is 0.251 e. The van der Waals surface area contributed by atoms with E-state index in [1.54, 1.807) is 25.9 Å². The molecule has 1 saturated heterocycles. The first-order valence-corrected chi connectivity index (χ1v) is 9.63. The summed E-state index contributed by atoms with van der Waals surface area (Å²) in [6, 6.07) is -0.260. The fourth-order valence-electron chi connectivity index (χ4n) is 2.13. The molecule has 2 N–H and O–H groups in total. The van der Waals surface area contributed by atoms with E-state index < -0.39 is 15.8 Å². The highest BCUT2D eigenvalue weighted by Gasteiger charge is 2.46. The molecule has 2 amide bonds. The summed E-state index contributed by atoms with van der Waals surface area (Å²) in [7, 11) is 5.16. The van der Waals surface area contributed by atoms with E-state index in [4.69, 9.17) is 4.74 Å². The number of amides is 2. The minimum absolute atomic E-state index is 0.126. The second-order valence-electron chi connectivity index (χ2n) is 6.31. The van der Waals surface area contributed by atoms with Crippen molar-refractivity contribution >= 4 is 35.3 Å². The quantitative estimate of drug-likeness (QED) is 0.661. The molecule has 1 aliphatic heterocycles. The van der Waals surface area contributed by atoms with Crippen molar-refractivity contribution in [2.75, 3.05) is 32.7 Å². The lowest BCUT2D eigenvalue weighted by atomic mass is 10.2. The third-order valence-corrected chi connectivity index (χ3v) is 7.36. The van der Waals surface area contributed by atoms with Crippen LogP contribution in [-0.4, -0.2) is 71.3 Å². The summed E-state index contributed by atoms with van der Waals surface area (Å²) < 4.78 is 5.36. The van der Waals surface area contributed by atoms with Gasteiger partial charge in [-0.2, -0.15) is 0 Å². The average molecular weight is 364 g/mol. The number of nitrogens with one attached hydrogen (secondary N) is 2. The van der Waals surface area contributed by atoms with Crippen molar-refractivity contribution in [3.8, 4) is 0 Å². The van der Waals surface area contributed by atoms with Gasteiger partial charge in [-0.15, -0.1) is 23.5 Å². The first-order valence-electron chi connectivity index (χ1n) is 7.66. The fraction of sp³-hybridized carbons (Fsp3) is 0.867. The number of methoxy groups -OCH3 is 1. The van der Waals surface area contributed by atoms with Gasteiger partial charge in [0.1, 0.15) is 15.8 Å². The van der Waals surface area contributed by atoms with E-state index in [-0.39, 0.29) is 11.8 Å². The zero-order valence-corrected chi connectivity index (χ0v) is 16.7. The second kappa shape index (κ2) is 8.09. The van der Waals surface area contributed by atoms with Crippen LogP contribution in [0.25, 0.3) is 0 Å². The minimum Gasteiger partial charge on any atom is -0.368 e. The van der Waals surface area contributed by atoms with Gasteiger partial charge in [-0.25, -0.2) is 0 Å². The van der Waals surface area contributed by atoms with Crippen LogP contribution in [0.3, 0.4) is 0 Å². The number of carbonyl (C=O) groups is 2. The van der Waals surface area contributed by atoms with Gasteiger partial charge in [0.2, 0.25) is 5.91 Å². The lowest BCUT2D eigenvalue weighted by Crippen LogP contribution is -2.57. The number of hydrogen-bond acceptors (Lipinski definition) is 6. The van der Waals surface area contributed by atoms with Crippen molar-refractivity contribution in [2.24, 2.45) is 0 Å². The molecule has 1 aliphatic rings. The van der Waals surface area contributed by atoms with Gasteiger partial charge in [-0.1, -0.05) is 0 Å². The Morgan fingerprint density at radius 3 is 2.57 bits per heavy atom. The molecular formula is C15H29N3O3S2. The number of carbonyl (C=O) groups excluding carboxylic acids is 2. The molecule has 0 aromatic carbocycles. The van der Waals surface area contributed by atoms with Gasteiger partial charge in [0.15, 0.2) is 0 Å². The Labute approximate surface area is 147 Å². The monoisotopic (exact) mass is 363 g/mol. The number of likely N-dealkylation sites (N-methyl/N-ethyl adjacent to an activating group) is 2. The van der Waals surface area contributed by atoms with E-state index in [2.05, 4.69) is 22.5 Å². The Kier molecular flexibility index (Phi) is 7.25. The molecule has 0 aliphatic carbocycles. The summed E-state index contributed by atoms with van der Waals surface area (Å²) in [4.78, 5) is 25.9. The molecule has 0 radical (unpaired) electrons. The van der Waals surface area contributed by atoms with E-state index in [9.17, 15) is 9.59 Å². The first-order chi connectivity index (χ1) is 10.6. The number of rotatable bonds is 7. The number of ether oxygens (including phenoxy) is 1. The molecule has 8 heteroatoms. The van der Waals surface area contributed by atoms with Crippen LogP contribution >= 0.6 is 23.5 Å². The van der Waals surface area contributed by atoms with Crippen molar-refractivity contribution in [1.29, 1.82) is 0 Å². The SMILES string of the molecule is CNC(=O)C(CSC(C)(C)OC)NC(=O)C1(C)SCC(C)N1C. The summed E-state index contributed by atoms with van der Waals surface area (Å²) in [6.45, 7) is 7.87. The number of nitrogens with zero attached hydrogens (tertiary/aromatic N) is 1. The first kappa shape index (κ1) is 20.6. The van der Waals surface area contributed by atoms with Crippen LogP contribution in [0.2, 0.25) is 0 Å². The van der Waals surface area contributed by atoms with Crippen LogP contribution in [0.4, 0.5) is 0 Å². The van der Waals surface area contributed by atoms with Crippen LogP contribution in [-0.2, 0) is 14.3 Å². The molecule has 0 spiro atoms. The number of thioether (sulfide) groups is 2. The molecule has 1 fully saturated rings. The van der Waals surface area contributed by atoms with Crippen LogP contribution in [0.1, 0.15) is 27.7 Å². The summed E-state index contributed by atoms with van der Waals surface area (Å²) in [5.41, 5.74) is 0. The topological polar surface area (TPSA) is 70.7 Å². The van der Waals surface area contributed by atoms with Crippen molar-refractivity contribution in [1.82, 2.24) is 15.5 Å². The summed E-state index contributed by atoms with van der Waals surface area (Å²) in [5, 5.41) is 5.53. The third kappa shape index (κ3) is 5.01. The molecule has 134 valence electrons. The summed E-state index contributed by atoms with van der Waals surface area (Å²) >= 11 is 3.11. The highest BCUT2D eigenvalue weighted by atomic mass is 32.2. The average Bonchev–Trinajstić information content (AvgIpc) is 2.79. The lowest BCUT2D eigenvalue weighted by molar-refractivity contribution is -0.131. The van der Waals surface area contributed by atoms with E-state index in [1.165, 1.54) is 11.8 Å². The molecule has 3 unspecified atom stereocenters. The van der Waals surface area contributed by atoms with E-state index in [0.29, 0.717) is 11.8 Å². The highest BCUT2D eigenvalue weighted by molar-refractivity contribution is 8.01. The molecule has 23 heavy (non-hydrogen) atoms. The largest absolute Gasteiger partial charge is 0.368 e. The van der Waals surface area contributed by atoms with Gasteiger partial charge in [0.05, 0.1) is 0 Å². The zero-order chi connectivity index (χ0) is 17.8. The Morgan fingerprint density at radius 2 is 2.13 bits per heavy atom. The fourth-order valence-corrected chi connectivity index (χ4v) is 4.42. The summed E-state index contributed by atoms with van der Waals surface area (Å²) in [5.74, 6) is 1.03. The predicted octanol–water partition coefficient (Wildman–Crippen LogP) is 1.12. The standard InChI is InChI=1S/C15H29N3O3S2/c1-10-8-23-15(4,18(10)6)13(20)17-11(12(19)16-5)9-22-14(2,3)21-7/h10-11H,8-9H2,1-7H3,(H,16,19)(H,17,20). The summed E-state index contributed by atoms with van der Waals surface area (Å²) in [6.07, 6.45) is 0. The van der Waals surface area contributed by atoms with Gasteiger partial charge in [-0.05, 0) is 34.7 Å². The van der Waals surface area contributed by atoms with Crippen LogP contribution in [0, 0.1) is 0 Å². The molecule has 0 bridgehead atoms. The number of hydrogen-bond donors (Lipinski definition) is 2. The molecule has 1 heterocycles. The lowest BCUT2D eigenvalue weighted by Gasteiger charge is -2.33. The van der Waals surface area contributed by atoms with Gasteiger partial charge >= 0.3 is 0 Å². The van der Waals surface area contributed by atoms with Crippen LogP contribution in [0.15, 0.2) is 0 Å². The van der Waals surface area contributed by atoms with Gasteiger partial charge < -0.3 is 15.4 Å². The van der Waals surface area contributed by atoms with E-state index in [1.807, 2.05) is 27.8 Å². The van der Waals surface area contributed by atoms with Gasteiger partial charge in [0, 0.05) is 31.7 Å². The van der Waals surface area contributed by atoms with E-state index >= 15 is 0 Å². The van der Waals surface area contributed by atoms with Crippen LogP contribution in [0.5, 0.6) is 0 Å². The van der Waals surface area contributed by atoms with Crippen LogP contribution < -0.4 is 10.6 Å². The highest BCUT2D eigenvalue weighted by Crippen LogP contribution is 2.38.